The Morgan fingerprint density at radius 1 is 0.696 bits per heavy atom. The highest BCUT2D eigenvalue weighted by Crippen LogP contribution is 2.33. The summed E-state index contributed by atoms with van der Waals surface area (Å²) < 4.78 is 0. The minimum atomic E-state index is -1.48. The second-order valence-electron chi connectivity index (χ2n) is 5.42. The summed E-state index contributed by atoms with van der Waals surface area (Å²) >= 11 is 0. The summed E-state index contributed by atoms with van der Waals surface area (Å²) in [5.74, 6) is 0. The number of rotatable bonds is 4. The summed E-state index contributed by atoms with van der Waals surface area (Å²) in [7, 11) is -1.48. The summed E-state index contributed by atoms with van der Waals surface area (Å²) in [6, 6.07) is 25.7. The first kappa shape index (κ1) is 15.3. The van der Waals surface area contributed by atoms with Crippen molar-refractivity contribution in [1.29, 1.82) is 0 Å². The molecule has 0 spiro atoms. The van der Waals surface area contributed by atoms with Crippen LogP contribution in [-0.4, -0.2) is 17.2 Å². The molecule has 0 saturated carbocycles. The van der Waals surface area contributed by atoms with Crippen molar-refractivity contribution >= 4 is 29.6 Å². The van der Waals surface area contributed by atoms with E-state index in [-0.39, 0.29) is 0 Å². The van der Waals surface area contributed by atoms with Gasteiger partial charge in [0.2, 0.25) is 0 Å². The van der Waals surface area contributed by atoms with Gasteiger partial charge in [0.05, 0.1) is 0 Å². The number of anilines is 3. The molecule has 0 saturated heterocycles. The number of aryl methyl sites for hydroxylation is 1. The number of benzene rings is 3. The lowest BCUT2D eigenvalue weighted by Gasteiger charge is -2.26. The van der Waals surface area contributed by atoms with Crippen LogP contribution in [0.5, 0.6) is 0 Å². The summed E-state index contributed by atoms with van der Waals surface area (Å²) in [5, 5.41) is 19.2. The van der Waals surface area contributed by atoms with Gasteiger partial charge < -0.3 is 14.9 Å². The average molecular weight is 303 g/mol. The average Bonchev–Trinajstić information content (AvgIpc) is 2.58. The van der Waals surface area contributed by atoms with Gasteiger partial charge in [0.1, 0.15) is 0 Å². The molecule has 0 aliphatic heterocycles. The highest BCUT2D eigenvalue weighted by molar-refractivity contribution is 6.59. The van der Waals surface area contributed by atoms with Crippen molar-refractivity contribution in [2.24, 2.45) is 0 Å². The standard InChI is InChI=1S/C19H18BNO2/c1-15-12-13-18(14-19(15)20(22)23)21(16-8-4-2-5-9-16)17-10-6-3-7-11-17/h2-14,22-23H,1H3. The molecule has 3 nitrogen and oxygen atoms in total. The molecule has 23 heavy (non-hydrogen) atoms. The van der Waals surface area contributed by atoms with E-state index in [1.54, 1.807) is 0 Å². The Hall–Kier alpha value is -2.56. The van der Waals surface area contributed by atoms with Crippen LogP contribution in [0.4, 0.5) is 17.1 Å². The largest absolute Gasteiger partial charge is 0.488 e. The smallest absolute Gasteiger partial charge is 0.423 e. The maximum absolute atomic E-state index is 9.59. The fourth-order valence-electron chi connectivity index (χ4n) is 2.65. The molecule has 3 aromatic carbocycles. The van der Waals surface area contributed by atoms with Crippen LogP contribution >= 0.6 is 0 Å². The zero-order valence-corrected chi connectivity index (χ0v) is 12.9. The van der Waals surface area contributed by atoms with Gasteiger partial charge in [0, 0.05) is 17.1 Å². The number of nitrogens with zero attached hydrogens (tertiary/aromatic N) is 1. The maximum atomic E-state index is 9.59. The molecule has 0 radical (unpaired) electrons. The van der Waals surface area contributed by atoms with Gasteiger partial charge in [0.25, 0.3) is 0 Å². The summed E-state index contributed by atoms with van der Waals surface area (Å²) in [5.41, 5.74) is 4.28. The number of hydrogen-bond donors (Lipinski definition) is 2. The topological polar surface area (TPSA) is 43.7 Å². The molecular weight excluding hydrogens is 285 g/mol. The van der Waals surface area contributed by atoms with E-state index in [2.05, 4.69) is 4.90 Å². The monoisotopic (exact) mass is 303 g/mol. The molecule has 0 aromatic heterocycles. The van der Waals surface area contributed by atoms with E-state index < -0.39 is 7.12 Å². The Morgan fingerprint density at radius 3 is 1.70 bits per heavy atom. The van der Waals surface area contributed by atoms with Crippen LogP contribution in [0, 0.1) is 6.92 Å². The molecule has 0 bridgehead atoms. The number of para-hydroxylation sites is 2. The summed E-state index contributed by atoms with van der Waals surface area (Å²) in [4.78, 5) is 2.09. The lowest BCUT2D eigenvalue weighted by atomic mass is 9.77. The van der Waals surface area contributed by atoms with Crippen LogP contribution < -0.4 is 10.4 Å². The summed E-state index contributed by atoms with van der Waals surface area (Å²) in [6.07, 6.45) is 0. The molecule has 0 heterocycles. The first-order valence-corrected chi connectivity index (χ1v) is 7.54. The van der Waals surface area contributed by atoms with Gasteiger partial charge in [-0.05, 0) is 48.8 Å². The highest BCUT2D eigenvalue weighted by atomic mass is 16.4. The van der Waals surface area contributed by atoms with Gasteiger partial charge in [-0.1, -0.05) is 48.0 Å². The molecular formula is C19H18BNO2. The van der Waals surface area contributed by atoms with Crippen LogP contribution in [0.2, 0.25) is 0 Å². The zero-order valence-electron chi connectivity index (χ0n) is 12.9. The van der Waals surface area contributed by atoms with Crippen molar-refractivity contribution in [2.75, 3.05) is 4.90 Å². The van der Waals surface area contributed by atoms with Gasteiger partial charge in [-0.15, -0.1) is 0 Å². The molecule has 0 atom stereocenters. The van der Waals surface area contributed by atoms with Crippen LogP contribution in [0.15, 0.2) is 78.9 Å². The maximum Gasteiger partial charge on any atom is 0.488 e. The zero-order chi connectivity index (χ0) is 16.2. The van der Waals surface area contributed by atoms with E-state index in [0.29, 0.717) is 5.46 Å². The van der Waals surface area contributed by atoms with Crippen LogP contribution in [0.3, 0.4) is 0 Å². The van der Waals surface area contributed by atoms with Gasteiger partial charge in [-0.25, -0.2) is 0 Å². The molecule has 4 heteroatoms. The third kappa shape index (κ3) is 3.28. The Balaban J connectivity index is 2.15. The second kappa shape index (κ2) is 6.69. The third-order valence-electron chi connectivity index (χ3n) is 3.83. The predicted molar refractivity (Wildman–Crippen MR) is 95.7 cm³/mol. The van der Waals surface area contributed by atoms with E-state index in [4.69, 9.17) is 0 Å². The number of hydrogen-bond acceptors (Lipinski definition) is 3. The van der Waals surface area contributed by atoms with Crippen molar-refractivity contribution in [3.63, 3.8) is 0 Å². The normalized spacial score (nSPS) is 10.4. The van der Waals surface area contributed by atoms with Crippen molar-refractivity contribution in [3.05, 3.63) is 84.4 Å². The van der Waals surface area contributed by atoms with E-state index in [0.717, 1.165) is 22.6 Å². The minimum absolute atomic E-state index is 0.513. The summed E-state index contributed by atoms with van der Waals surface area (Å²) in [6.45, 7) is 1.87. The Morgan fingerprint density at radius 2 is 1.22 bits per heavy atom. The van der Waals surface area contributed by atoms with Crippen LogP contribution in [0.1, 0.15) is 5.56 Å². The molecule has 0 aliphatic carbocycles. The van der Waals surface area contributed by atoms with Crippen LogP contribution in [-0.2, 0) is 0 Å². The van der Waals surface area contributed by atoms with E-state index in [1.165, 1.54) is 0 Å². The van der Waals surface area contributed by atoms with Gasteiger partial charge in [0.15, 0.2) is 0 Å². The van der Waals surface area contributed by atoms with Crippen molar-refractivity contribution in [1.82, 2.24) is 0 Å². The second-order valence-corrected chi connectivity index (χ2v) is 5.42. The highest BCUT2D eigenvalue weighted by Gasteiger charge is 2.18. The fourth-order valence-corrected chi connectivity index (χ4v) is 2.65. The van der Waals surface area contributed by atoms with Gasteiger partial charge in [-0.3, -0.25) is 0 Å². The molecule has 3 rings (SSSR count). The first-order valence-electron chi connectivity index (χ1n) is 7.54. The Bertz CT molecular complexity index is 736. The fraction of sp³-hybridized carbons (Fsp3) is 0.0526. The molecule has 0 fully saturated rings. The lowest BCUT2D eigenvalue weighted by molar-refractivity contribution is 0.425. The first-order chi connectivity index (χ1) is 11.2. The van der Waals surface area contributed by atoms with Crippen molar-refractivity contribution in [2.45, 2.75) is 6.92 Å². The van der Waals surface area contributed by atoms with E-state index in [9.17, 15) is 10.0 Å². The van der Waals surface area contributed by atoms with E-state index in [1.807, 2.05) is 85.8 Å². The molecule has 0 amide bonds. The molecule has 2 N–H and O–H groups in total. The van der Waals surface area contributed by atoms with Gasteiger partial charge in [-0.2, -0.15) is 0 Å². The Labute approximate surface area is 136 Å². The van der Waals surface area contributed by atoms with Crippen molar-refractivity contribution in [3.8, 4) is 0 Å². The quantitative estimate of drug-likeness (QED) is 0.728. The van der Waals surface area contributed by atoms with Crippen LogP contribution in [0.25, 0.3) is 0 Å². The third-order valence-corrected chi connectivity index (χ3v) is 3.83. The van der Waals surface area contributed by atoms with Gasteiger partial charge >= 0.3 is 7.12 Å². The predicted octanol–water partition coefficient (Wildman–Crippen LogP) is 3.14. The molecule has 0 aliphatic rings. The Kier molecular flexibility index (Phi) is 4.46. The lowest BCUT2D eigenvalue weighted by Crippen LogP contribution is -2.32. The minimum Gasteiger partial charge on any atom is -0.423 e. The van der Waals surface area contributed by atoms with Crippen molar-refractivity contribution < 1.29 is 10.0 Å². The molecule has 114 valence electrons. The molecule has 3 aromatic rings. The molecule has 0 unspecified atom stereocenters. The SMILES string of the molecule is Cc1ccc(N(c2ccccc2)c2ccccc2)cc1B(O)O. The van der Waals surface area contributed by atoms with E-state index >= 15 is 0 Å².